The summed E-state index contributed by atoms with van der Waals surface area (Å²) in [7, 11) is 5.52. The molecule has 0 bridgehead atoms. The fourth-order valence-electron chi connectivity index (χ4n) is 6.57. The smallest absolute Gasteiger partial charge is 0.362 e. The lowest BCUT2D eigenvalue weighted by Gasteiger charge is -2.31. The van der Waals surface area contributed by atoms with E-state index in [1.807, 2.05) is 21.1 Å². The van der Waals surface area contributed by atoms with Crippen molar-refractivity contribution in [1.29, 1.82) is 0 Å². The minimum absolute atomic E-state index is 0.0533. The second-order valence-corrected chi connectivity index (χ2v) is 16.7. The van der Waals surface area contributed by atoms with Crippen LogP contribution in [0.5, 0.6) is 0 Å². The van der Waals surface area contributed by atoms with Gasteiger partial charge in [0.15, 0.2) is 12.1 Å². The number of carboxylic acid groups (broad SMARTS) is 1. The quantitative estimate of drug-likeness (QED) is 0.0216. The molecule has 0 amide bonds. The Morgan fingerprint density at radius 3 is 1.53 bits per heavy atom. The number of ether oxygens (including phenoxy) is 3. The van der Waals surface area contributed by atoms with Gasteiger partial charge in [-0.2, -0.15) is 0 Å². The Balaban J connectivity index is 4.33. The Labute approximate surface area is 356 Å². The number of rotatable bonds is 41. The third-order valence-corrected chi connectivity index (χ3v) is 10.2. The molecule has 0 aliphatic heterocycles. The van der Waals surface area contributed by atoms with Crippen molar-refractivity contribution in [3.8, 4) is 0 Å². The Kier molecular flexibility index (Phi) is 38.7. The van der Waals surface area contributed by atoms with Gasteiger partial charge in [0.1, 0.15) is 6.61 Å². The van der Waals surface area contributed by atoms with Crippen LogP contribution in [0.2, 0.25) is 0 Å². The Hall–Kier alpha value is -2.97. The fraction of sp³-hybridized carbons (Fsp3) is 0.740. The van der Waals surface area contributed by atoms with E-state index in [4.69, 9.17) is 14.2 Å². The zero-order valence-corrected chi connectivity index (χ0v) is 38.0. The summed E-state index contributed by atoms with van der Waals surface area (Å²) in [6.07, 6.45) is 49.7. The number of hydrogen-bond donors (Lipinski definition) is 1. The minimum atomic E-state index is -0.879. The average Bonchev–Trinajstić information content (AvgIpc) is 3.18. The highest BCUT2D eigenvalue weighted by atomic mass is 16.6. The van der Waals surface area contributed by atoms with E-state index in [1.165, 1.54) is 77.0 Å². The molecule has 0 aromatic carbocycles. The molecule has 0 saturated heterocycles. The number of allylic oxidation sites excluding steroid dienone is 10. The summed E-state index contributed by atoms with van der Waals surface area (Å²) in [5.41, 5.74) is 0. The van der Waals surface area contributed by atoms with E-state index in [0.29, 0.717) is 19.3 Å². The van der Waals surface area contributed by atoms with Gasteiger partial charge in [0.2, 0.25) is 0 Å². The van der Waals surface area contributed by atoms with Crippen molar-refractivity contribution >= 4 is 17.9 Å². The molecule has 0 radical (unpaired) electrons. The van der Waals surface area contributed by atoms with E-state index in [1.54, 1.807) is 0 Å². The third kappa shape index (κ3) is 38.5. The molecule has 0 aromatic rings. The van der Waals surface area contributed by atoms with Crippen LogP contribution in [0.15, 0.2) is 60.8 Å². The van der Waals surface area contributed by atoms with Crippen molar-refractivity contribution in [3.05, 3.63) is 60.8 Å². The second kappa shape index (κ2) is 40.8. The lowest BCUT2D eigenvalue weighted by Crippen LogP contribution is -2.50. The molecular formula is C50H88NO7+. The van der Waals surface area contributed by atoms with Gasteiger partial charge >= 0.3 is 17.9 Å². The molecule has 0 aliphatic carbocycles. The maximum absolute atomic E-state index is 12.8. The molecule has 2 unspecified atom stereocenters. The summed E-state index contributed by atoms with van der Waals surface area (Å²) in [6, 6.07) is -0.619. The minimum Gasteiger partial charge on any atom is -0.477 e. The normalized spacial score (nSPS) is 13.5. The van der Waals surface area contributed by atoms with Crippen molar-refractivity contribution in [1.82, 2.24) is 0 Å². The lowest BCUT2D eigenvalue weighted by molar-refractivity contribution is -0.887. The maximum atomic E-state index is 12.8. The summed E-state index contributed by atoms with van der Waals surface area (Å²) in [5, 5.41) is 9.63. The van der Waals surface area contributed by atoms with Crippen molar-refractivity contribution in [2.75, 3.05) is 41.0 Å². The molecule has 0 aromatic heterocycles. The van der Waals surface area contributed by atoms with Gasteiger partial charge in [-0.3, -0.25) is 9.59 Å². The van der Waals surface area contributed by atoms with Gasteiger partial charge < -0.3 is 23.8 Å². The molecule has 58 heavy (non-hydrogen) atoms. The zero-order valence-electron chi connectivity index (χ0n) is 38.0. The number of aliphatic carboxylic acids is 1. The molecule has 0 rings (SSSR count). The molecule has 8 heteroatoms. The van der Waals surface area contributed by atoms with Gasteiger partial charge in [-0.15, -0.1) is 0 Å². The Bertz CT molecular complexity index is 1130. The highest BCUT2D eigenvalue weighted by Crippen LogP contribution is 2.14. The average molecular weight is 815 g/mol. The predicted octanol–water partition coefficient (Wildman–Crippen LogP) is 13.0. The van der Waals surface area contributed by atoms with Crippen molar-refractivity contribution in [2.45, 2.75) is 199 Å². The van der Waals surface area contributed by atoms with Gasteiger partial charge in [0, 0.05) is 19.3 Å². The fourth-order valence-corrected chi connectivity index (χ4v) is 6.57. The largest absolute Gasteiger partial charge is 0.477 e. The Morgan fingerprint density at radius 2 is 1.02 bits per heavy atom. The SMILES string of the molecule is CC/C=C/C/C=C/C/C=C/CCCCCCCCCCCC(=O)OC(COCCC(C(=O)O)[N+](C)(C)C)COC(=O)CCCCCCCC/C=C/C=C/CCCCC. The number of quaternary nitrogens is 1. The molecule has 0 aliphatic rings. The third-order valence-electron chi connectivity index (χ3n) is 10.2. The van der Waals surface area contributed by atoms with Gasteiger partial charge in [0.05, 0.1) is 34.4 Å². The van der Waals surface area contributed by atoms with Crippen LogP contribution >= 0.6 is 0 Å². The van der Waals surface area contributed by atoms with E-state index in [-0.39, 0.29) is 36.2 Å². The van der Waals surface area contributed by atoms with Crippen LogP contribution in [0, 0.1) is 0 Å². The highest BCUT2D eigenvalue weighted by molar-refractivity contribution is 5.72. The van der Waals surface area contributed by atoms with Crippen LogP contribution in [-0.4, -0.2) is 80.6 Å². The van der Waals surface area contributed by atoms with Gasteiger partial charge in [-0.1, -0.05) is 158 Å². The lowest BCUT2D eigenvalue weighted by atomic mass is 10.1. The first-order chi connectivity index (χ1) is 28.1. The van der Waals surface area contributed by atoms with E-state index >= 15 is 0 Å². The second-order valence-electron chi connectivity index (χ2n) is 16.7. The zero-order chi connectivity index (χ0) is 42.8. The molecule has 1 N–H and O–H groups in total. The number of unbranched alkanes of at least 4 members (excludes halogenated alkanes) is 18. The molecule has 0 spiro atoms. The standard InChI is InChI=1S/C50H87NO7/c1-6-8-10-12-14-16-18-20-22-23-24-25-27-29-31-33-35-37-39-41-49(53)58-46(44-56-43-42-47(50(54)55)51(3,4)5)45-57-48(52)40-38-36-34-32-30-28-26-21-19-17-15-13-11-9-7-2/h8,10,14-17,19-22,46-47H,6-7,9,11-13,18,23-45H2,1-5H3/p+1/b10-8+,16-14+,17-15+,21-19+,22-20+. The van der Waals surface area contributed by atoms with Crippen molar-refractivity contribution in [3.63, 3.8) is 0 Å². The summed E-state index contributed by atoms with van der Waals surface area (Å²) in [4.78, 5) is 37.0. The Morgan fingerprint density at radius 1 is 0.552 bits per heavy atom. The van der Waals surface area contributed by atoms with Crippen LogP contribution in [0.25, 0.3) is 0 Å². The first-order valence-electron chi connectivity index (χ1n) is 23.3. The molecule has 0 saturated carbocycles. The summed E-state index contributed by atoms with van der Waals surface area (Å²) >= 11 is 0. The van der Waals surface area contributed by atoms with E-state index in [0.717, 1.165) is 77.0 Å². The molecule has 0 fully saturated rings. The molecule has 8 nitrogen and oxygen atoms in total. The number of likely N-dealkylation sites (N-methyl/N-ethyl adjacent to an activating group) is 1. The van der Waals surface area contributed by atoms with E-state index in [2.05, 4.69) is 74.6 Å². The number of carbonyl (C=O) groups excluding carboxylic acids is 2. The van der Waals surface area contributed by atoms with Crippen LogP contribution in [0.3, 0.4) is 0 Å². The van der Waals surface area contributed by atoms with Crippen LogP contribution in [-0.2, 0) is 28.6 Å². The van der Waals surface area contributed by atoms with Crippen molar-refractivity contribution in [2.24, 2.45) is 0 Å². The van der Waals surface area contributed by atoms with Crippen molar-refractivity contribution < 1.29 is 38.2 Å². The highest BCUT2D eigenvalue weighted by Gasteiger charge is 2.31. The molecule has 2 atom stereocenters. The monoisotopic (exact) mass is 815 g/mol. The van der Waals surface area contributed by atoms with E-state index < -0.39 is 18.1 Å². The molecule has 334 valence electrons. The van der Waals surface area contributed by atoms with Gasteiger partial charge in [0.25, 0.3) is 0 Å². The number of carboxylic acids is 1. The summed E-state index contributed by atoms with van der Waals surface area (Å²) < 4.78 is 17.3. The van der Waals surface area contributed by atoms with Gasteiger partial charge in [-0.05, 0) is 70.6 Å². The van der Waals surface area contributed by atoms with Crippen LogP contribution in [0.1, 0.15) is 187 Å². The topological polar surface area (TPSA) is 99.1 Å². The van der Waals surface area contributed by atoms with Crippen LogP contribution in [0.4, 0.5) is 0 Å². The molecular weight excluding hydrogens is 727 g/mol. The summed E-state index contributed by atoms with van der Waals surface area (Å²) in [6.45, 7) is 4.58. The first kappa shape index (κ1) is 55.0. The number of nitrogens with zero attached hydrogens (tertiary/aromatic N) is 1. The predicted molar refractivity (Wildman–Crippen MR) is 243 cm³/mol. The number of carbonyl (C=O) groups is 3. The van der Waals surface area contributed by atoms with Gasteiger partial charge in [-0.25, -0.2) is 4.79 Å². The maximum Gasteiger partial charge on any atom is 0.362 e. The number of esters is 2. The van der Waals surface area contributed by atoms with Crippen LogP contribution < -0.4 is 0 Å². The first-order valence-corrected chi connectivity index (χ1v) is 23.3. The number of hydrogen-bond acceptors (Lipinski definition) is 6. The molecule has 0 heterocycles. The van der Waals surface area contributed by atoms with E-state index in [9.17, 15) is 19.5 Å². The summed E-state index contributed by atoms with van der Waals surface area (Å²) in [5.74, 6) is -1.49.